The highest BCUT2D eigenvalue weighted by Gasteiger charge is 2.31. The summed E-state index contributed by atoms with van der Waals surface area (Å²) < 4.78 is 5.27. The van der Waals surface area contributed by atoms with Crippen LogP contribution in [0.15, 0.2) is 78.9 Å². The molecule has 0 spiro atoms. The number of hydrogen-bond acceptors (Lipinski definition) is 3. The normalized spacial score (nSPS) is 11.7. The molecule has 0 aliphatic rings. The van der Waals surface area contributed by atoms with E-state index in [0.717, 1.165) is 28.9 Å². The molecule has 0 heterocycles. The zero-order valence-electron chi connectivity index (χ0n) is 20.5. The minimum absolute atomic E-state index is 0.143. The van der Waals surface area contributed by atoms with Gasteiger partial charge in [0.15, 0.2) is 0 Å². The van der Waals surface area contributed by atoms with Crippen molar-refractivity contribution in [2.24, 2.45) is 5.92 Å². The highest BCUT2D eigenvalue weighted by molar-refractivity contribution is 6.30. The van der Waals surface area contributed by atoms with Crippen molar-refractivity contribution in [3.63, 3.8) is 0 Å². The molecule has 0 saturated heterocycles. The Morgan fingerprint density at radius 2 is 1.54 bits per heavy atom. The fraction of sp³-hybridized carbons (Fsp3) is 0.310. The molecule has 1 N–H and O–H groups in total. The predicted octanol–water partition coefficient (Wildman–Crippen LogP) is 5.82. The summed E-state index contributed by atoms with van der Waals surface area (Å²) in [6.45, 7) is 5.08. The number of ether oxygens (including phenoxy) is 1. The standard InChI is InChI=1S/C29H33ClN2O3/c1-21(2)17-18-31-29(34)28(24-7-5-4-6-8-24)32(20-23-11-15-26(35-3)16-12-23)27(33)19-22-9-13-25(30)14-10-22/h4-16,21,28H,17-20H2,1-3H3,(H,31,34)/t28-/m1/s1. The van der Waals surface area contributed by atoms with Crippen molar-refractivity contribution < 1.29 is 14.3 Å². The second-order valence-corrected chi connectivity index (χ2v) is 9.40. The van der Waals surface area contributed by atoms with E-state index in [1.165, 1.54) is 0 Å². The summed E-state index contributed by atoms with van der Waals surface area (Å²) in [7, 11) is 1.61. The summed E-state index contributed by atoms with van der Waals surface area (Å²) in [5.41, 5.74) is 2.52. The predicted molar refractivity (Wildman–Crippen MR) is 140 cm³/mol. The van der Waals surface area contributed by atoms with Crippen LogP contribution in [-0.4, -0.2) is 30.4 Å². The van der Waals surface area contributed by atoms with Crippen LogP contribution in [0.25, 0.3) is 0 Å². The van der Waals surface area contributed by atoms with E-state index < -0.39 is 6.04 Å². The molecule has 3 aromatic carbocycles. The molecule has 0 saturated carbocycles. The van der Waals surface area contributed by atoms with Crippen molar-refractivity contribution in [3.05, 3.63) is 101 Å². The molecule has 35 heavy (non-hydrogen) atoms. The van der Waals surface area contributed by atoms with Gasteiger partial charge in [-0.1, -0.05) is 80.0 Å². The van der Waals surface area contributed by atoms with Gasteiger partial charge in [-0.2, -0.15) is 0 Å². The van der Waals surface area contributed by atoms with Crippen LogP contribution in [0.1, 0.15) is 43.0 Å². The summed E-state index contributed by atoms with van der Waals surface area (Å²) in [5, 5.41) is 3.67. The van der Waals surface area contributed by atoms with E-state index in [-0.39, 0.29) is 24.8 Å². The van der Waals surface area contributed by atoms with E-state index in [2.05, 4.69) is 19.2 Å². The summed E-state index contributed by atoms with van der Waals surface area (Å²) in [4.78, 5) is 28.9. The maximum atomic E-state index is 13.7. The van der Waals surface area contributed by atoms with Gasteiger partial charge in [-0.15, -0.1) is 0 Å². The van der Waals surface area contributed by atoms with Gasteiger partial charge in [-0.25, -0.2) is 0 Å². The molecule has 0 radical (unpaired) electrons. The lowest BCUT2D eigenvalue weighted by atomic mass is 10.0. The molecule has 2 amide bonds. The second-order valence-electron chi connectivity index (χ2n) is 8.96. The lowest BCUT2D eigenvalue weighted by Gasteiger charge is -2.32. The van der Waals surface area contributed by atoms with Crippen LogP contribution >= 0.6 is 11.6 Å². The van der Waals surface area contributed by atoms with Crippen LogP contribution in [0.2, 0.25) is 5.02 Å². The number of methoxy groups -OCH3 is 1. The van der Waals surface area contributed by atoms with Crippen molar-refractivity contribution in [2.75, 3.05) is 13.7 Å². The fourth-order valence-electron chi connectivity index (χ4n) is 3.82. The zero-order chi connectivity index (χ0) is 25.2. The first-order chi connectivity index (χ1) is 16.9. The van der Waals surface area contributed by atoms with Crippen LogP contribution in [-0.2, 0) is 22.6 Å². The number of nitrogens with one attached hydrogen (secondary N) is 1. The Balaban J connectivity index is 1.95. The van der Waals surface area contributed by atoms with Crippen molar-refractivity contribution in [3.8, 4) is 5.75 Å². The Kier molecular flexibility index (Phi) is 9.74. The minimum atomic E-state index is -0.759. The maximum Gasteiger partial charge on any atom is 0.247 e. The number of hydrogen-bond donors (Lipinski definition) is 1. The first-order valence-electron chi connectivity index (χ1n) is 11.9. The lowest BCUT2D eigenvalue weighted by molar-refractivity contribution is -0.141. The molecule has 0 fully saturated rings. The summed E-state index contributed by atoms with van der Waals surface area (Å²) >= 11 is 6.03. The number of nitrogens with zero attached hydrogens (tertiary/aromatic N) is 1. The number of halogens is 1. The molecule has 0 aliphatic carbocycles. The van der Waals surface area contributed by atoms with E-state index in [1.54, 1.807) is 24.1 Å². The van der Waals surface area contributed by atoms with Crippen LogP contribution < -0.4 is 10.1 Å². The maximum absolute atomic E-state index is 13.7. The third-order valence-electron chi connectivity index (χ3n) is 5.80. The average Bonchev–Trinajstić information content (AvgIpc) is 2.86. The highest BCUT2D eigenvalue weighted by atomic mass is 35.5. The topological polar surface area (TPSA) is 58.6 Å². The number of amides is 2. The van der Waals surface area contributed by atoms with E-state index in [9.17, 15) is 9.59 Å². The van der Waals surface area contributed by atoms with Crippen molar-refractivity contribution in [1.82, 2.24) is 10.2 Å². The Morgan fingerprint density at radius 1 is 0.914 bits per heavy atom. The highest BCUT2D eigenvalue weighted by Crippen LogP contribution is 2.26. The third-order valence-corrected chi connectivity index (χ3v) is 6.05. The summed E-state index contributed by atoms with van der Waals surface area (Å²) in [5.74, 6) is 0.872. The molecule has 184 valence electrons. The van der Waals surface area contributed by atoms with Gasteiger partial charge in [-0.3, -0.25) is 9.59 Å². The number of carbonyl (C=O) groups is 2. The van der Waals surface area contributed by atoms with Gasteiger partial charge < -0.3 is 15.0 Å². The van der Waals surface area contributed by atoms with Gasteiger partial charge in [0, 0.05) is 18.1 Å². The van der Waals surface area contributed by atoms with E-state index in [0.29, 0.717) is 17.5 Å². The SMILES string of the molecule is COc1ccc(CN(C(=O)Cc2ccc(Cl)cc2)[C@@H](C(=O)NCCC(C)C)c2ccccc2)cc1. The number of rotatable bonds is 11. The molecule has 0 bridgehead atoms. The number of carbonyl (C=O) groups excluding carboxylic acids is 2. The van der Waals surface area contributed by atoms with Crippen molar-refractivity contribution in [2.45, 2.75) is 39.3 Å². The molecular formula is C29H33ClN2O3. The number of benzene rings is 3. The molecule has 0 aliphatic heterocycles. The quantitative estimate of drug-likeness (QED) is 0.366. The summed E-state index contributed by atoms with van der Waals surface area (Å²) in [6.07, 6.45) is 1.03. The van der Waals surface area contributed by atoms with Crippen molar-refractivity contribution in [1.29, 1.82) is 0 Å². The second kappa shape index (κ2) is 13.0. The Bertz CT molecular complexity index is 1080. The van der Waals surface area contributed by atoms with Crippen LogP contribution in [0, 0.1) is 5.92 Å². The third kappa shape index (κ3) is 7.86. The molecule has 3 aromatic rings. The average molecular weight is 493 g/mol. The zero-order valence-corrected chi connectivity index (χ0v) is 21.3. The Hall–Kier alpha value is -3.31. The molecular weight excluding hydrogens is 460 g/mol. The molecule has 1 atom stereocenters. The molecule has 6 heteroatoms. The van der Waals surface area contributed by atoms with Gasteiger partial charge in [0.1, 0.15) is 11.8 Å². The van der Waals surface area contributed by atoms with Gasteiger partial charge in [0.2, 0.25) is 11.8 Å². The van der Waals surface area contributed by atoms with E-state index in [4.69, 9.17) is 16.3 Å². The monoisotopic (exact) mass is 492 g/mol. The largest absolute Gasteiger partial charge is 0.497 e. The van der Waals surface area contributed by atoms with Crippen molar-refractivity contribution >= 4 is 23.4 Å². The van der Waals surface area contributed by atoms with E-state index >= 15 is 0 Å². The van der Waals surface area contributed by atoms with Crippen LogP contribution in [0.5, 0.6) is 5.75 Å². The van der Waals surface area contributed by atoms with Gasteiger partial charge in [0.05, 0.1) is 13.5 Å². The Labute approximate surface area is 213 Å². The minimum Gasteiger partial charge on any atom is -0.497 e. The van der Waals surface area contributed by atoms with Crippen LogP contribution in [0.3, 0.4) is 0 Å². The lowest BCUT2D eigenvalue weighted by Crippen LogP contribution is -2.44. The van der Waals surface area contributed by atoms with E-state index in [1.807, 2.05) is 66.7 Å². The molecule has 5 nitrogen and oxygen atoms in total. The van der Waals surface area contributed by atoms with Gasteiger partial charge in [-0.05, 0) is 53.3 Å². The Morgan fingerprint density at radius 3 is 2.14 bits per heavy atom. The molecule has 0 unspecified atom stereocenters. The first-order valence-corrected chi connectivity index (χ1v) is 12.2. The summed E-state index contributed by atoms with van der Waals surface area (Å²) in [6, 6.07) is 23.5. The fourth-order valence-corrected chi connectivity index (χ4v) is 3.94. The smallest absolute Gasteiger partial charge is 0.247 e. The first kappa shape index (κ1) is 26.3. The molecule has 3 rings (SSSR count). The molecule has 0 aromatic heterocycles. The van der Waals surface area contributed by atoms with Gasteiger partial charge >= 0.3 is 0 Å². The van der Waals surface area contributed by atoms with Gasteiger partial charge in [0.25, 0.3) is 0 Å². The van der Waals surface area contributed by atoms with Crippen LogP contribution in [0.4, 0.5) is 0 Å².